The number of anilines is 1. The van der Waals surface area contributed by atoms with Crippen molar-refractivity contribution in [3.8, 4) is 0 Å². The van der Waals surface area contributed by atoms with Gasteiger partial charge in [-0.15, -0.1) is 0 Å². The second-order valence-corrected chi connectivity index (χ2v) is 5.50. The second-order valence-electron chi connectivity index (χ2n) is 5.50. The fourth-order valence-electron chi connectivity index (χ4n) is 2.70. The van der Waals surface area contributed by atoms with Crippen molar-refractivity contribution in [1.29, 1.82) is 0 Å². The Bertz CT molecular complexity index is 437. The number of nitrogens with zero attached hydrogens (tertiary/aromatic N) is 4. The van der Waals surface area contributed by atoms with E-state index in [2.05, 4.69) is 25.2 Å². The molecule has 1 saturated carbocycles. The Morgan fingerprint density at radius 2 is 2.00 bits per heavy atom. The molecule has 0 bridgehead atoms. The third kappa shape index (κ3) is 3.20. The van der Waals surface area contributed by atoms with Crippen LogP contribution in [0.1, 0.15) is 24.4 Å². The lowest BCUT2D eigenvalue weighted by Gasteiger charge is -2.34. The molecule has 1 aliphatic heterocycles. The minimum Gasteiger partial charge on any atom is -0.308 e. The fourth-order valence-corrected chi connectivity index (χ4v) is 2.70. The van der Waals surface area contributed by atoms with Crippen molar-refractivity contribution in [1.82, 2.24) is 19.8 Å². The maximum atomic E-state index is 5.42. The van der Waals surface area contributed by atoms with Crippen LogP contribution in [0.5, 0.6) is 0 Å². The SMILES string of the molecule is Cc1cc(NN)nc(CN2CCN(C3CC3)CC2)n1. The highest BCUT2D eigenvalue weighted by Crippen LogP contribution is 2.27. The molecule has 0 atom stereocenters. The number of aromatic nitrogens is 2. The van der Waals surface area contributed by atoms with Gasteiger partial charge in [-0.2, -0.15) is 0 Å². The van der Waals surface area contributed by atoms with Gasteiger partial charge in [-0.1, -0.05) is 0 Å². The molecule has 19 heavy (non-hydrogen) atoms. The predicted molar refractivity (Wildman–Crippen MR) is 74.5 cm³/mol. The summed E-state index contributed by atoms with van der Waals surface area (Å²) < 4.78 is 0. The molecular weight excluding hydrogens is 240 g/mol. The third-order valence-corrected chi connectivity index (χ3v) is 3.88. The van der Waals surface area contributed by atoms with Gasteiger partial charge in [0.2, 0.25) is 0 Å². The summed E-state index contributed by atoms with van der Waals surface area (Å²) >= 11 is 0. The first-order valence-electron chi connectivity index (χ1n) is 7.02. The van der Waals surface area contributed by atoms with E-state index < -0.39 is 0 Å². The molecule has 2 heterocycles. The van der Waals surface area contributed by atoms with Crippen LogP contribution in [0.3, 0.4) is 0 Å². The summed E-state index contributed by atoms with van der Waals surface area (Å²) in [7, 11) is 0. The molecule has 0 radical (unpaired) electrons. The number of hydrogen-bond acceptors (Lipinski definition) is 6. The van der Waals surface area contributed by atoms with Crippen LogP contribution in [-0.2, 0) is 6.54 Å². The first kappa shape index (κ1) is 12.8. The Labute approximate surface area is 114 Å². The molecule has 6 heteroatoms. The average molecular weight is 262 g/mol. The van der Waals surface area contributed by atoms with E-state index in [1.54, 1.807) is 0 Å². The Morgan fingerprint density at radius 1 is 1.26 bits per heavy atom. The van der Waals surface area contributed by atoms with Crippen LogP contribution in [0.2, 0.25) is 0 Å². The Balaban J connectivity index is 1.57. The number of nitrogen functional groups attached to an aromatic ring is 1. The van der Waals surface area contributed by atoms with Gasteiger partial charge in [0, 0.05) is 44.0 Å². The van der Waals surface area contributed by atoms with Crippen LogP contribution < -0.4 is 11.3 Å². The van der Waals surface area contributed by atoms with E-state index in [0.717, 1.165) is 37.2 Å². The van der Waals surface area contributed by atoms with E-state index >= 15 is 0 Å². The van der Waals surface area contributed by atoms with Gasteiger partial charge in [-0.25, -0.2) is 15.8 Å². The highest BCUT2D eigenvalue weighted by atomic mass is 15.3. The van der Waals surface area contributed by atoms with Crippen LogP contribution in [0.25, 0.3) is 0 Å². The lowest BCUT2D eigenvalue weighted by Crippen LogP contribution is -2.46. The van der Waals surface area contributed by atoms with Gasteiger partial charge in [-0.05, 0) is 19.8 Å². The Hall–Kier alpha value is -1.24. The molecule has 104 valence electrons. The van der Waals surface area contributed by atoms with Crippen LogP contribution in [0, 0.1) is 6.92 Å². The molecule has 0 spiro atoms. The molecule has 0 amide bonds. The zero-order valence-corrected chi connectivity index (χ0v) is 11.5. The van der Waals surface area contributed by atoms with E-state index in [0.29, 0.717) is 5.82 Å². The second kappa shape index (κ2) is 5.40. The molecule has 0 unspecified atom stereocenters. The van der Waals surface area contributed by atoms with Gasteiger partial charge < -0.3 is 5.43 Å². The number of piperazine rings is 1. The van der Waals surface area contributed by atoms with Crippen molar-refractivity contribution < 1.29 is 0 Å². The number of nitrogens with one attached hydrogen (secondary N) is 1. The number of hydrogen-bond donors (Lipinski definition) is 2. The van der Waals surface area contributed by atoms with E-state index in [4.69, 9.17) is 5.84 Å². The minimum atomic E-state index is 0.694. The van der Waals surface area contributed by atoms with Crippen LogP contribution in [-0.4, -0.2) is 52.0 Å². The first-order valence-corrected chi connectivity index (χ1v) is 7.02. The number of aryl methyl sites for hydroxylation is 1. The molecule has 6 nitrogen and oxygen atoms in total. The summed E-state index contributed by atoms with van der Waals surface area (Å²) in [5.41, 5.74) is 3.55. The summed E-state index contributed by atoms with van der Waals surface area (Å²) in [6, 6.07) is 2.74. The van der Waals surface area contributed by atoms with Crippen molar-refractivity contribution in [2.24, 2.45) is 5.84 Å². The lowest BCUT2D eigenvalue weighted by atomic mass is 10.3. The van der Waals surface area contributed by atoms with Gasteiger partial charge in [0.05, 0.1) is 6.54 Å². The molecule has 0 aromatic carbocycles. The quantitative estimate of drug-likeness (QED) is 0.603. The smallest absolute Gasteiger partial charge is 0.145 e. The van der Waals surface area contributed by atoms with Gasteiger partial charge >= 0.3 is 0 Å². The van der Waals surface area contributed by atoms with Gasteiger partial charge in [0.1, 0.15) is 11.6 Å². The highest BCUT2D eigenvalue weighted by Gasteiger charge is 2.31. The molecule has 1 aromatic heterocycles. The molecule has 3 rings (SSSR count). The molecular formula is C13H22N6. The normalized spacial score (nSPS) is 21.6. The number of hydrazine groups is 1. The van der Waals surface area contributed by atoms with Crippen molar-refractivity contribution in [2.45, 2.75) is 32.4 Å². The zero-order chi connectivity index (χ0) is 13.2. The van der Waals surface area contributed by atoms with E-state index in [-0.39, 0.29) is 0 Å². The van der Waals surface area contributed by atoms with E-state index in [1.165, 1.54) is 25.9 Å². The molecule has 1 saturated heterocycles. The molecule has 1 aromatic rings. The van der Waals surface area contributed by atoms with Gasteiger partial charge in [0.15, 0.2) is 0 Å². The lowest BCUT2D eigenvalue weighted by molar-refractivity contribution is 0.119. The molecule has 2 fully saturated rings. The highest BCUT2D eigenvalue weighted by molar-refractivity contribution is 5.33. The first-order chi connectivity index (χ1) is 9.24. The summed E-state index contributed by atoms with van der Waals surface area (Å²) in [6.07, 6.45) is 2.79. The summed E-state index contributed by atoms with van der Waals surface area (Å²) in [6.45, 7) is 7.36. The minimum absolute atomic E-state index is 0.694. The predicted octanol–water partition coefficient (Wildman–Crippen LogP) is 0.351. The van der Waals surface area contributed by atoms with Crippen LogP contribution >= 0.6 is 0 Å². The van der Waals surface area contributed by atoms with Crippen molar-refractivity contribution in [2.75, 3.05) is 31.6 Å². The number of nitrogens with two attached hydrogens (primary N) is 1. The molecule has 2 aliphatic rings. The largest absolute Gasteiger partial charge is 0.308 e. The Morgan fingerprint density at radius 3 is 2.63 bits per heavy atom. The van der Waals surface area contributed by atoms with E-state index in [9.17, 15) is 0 Å². The van der Waals surface area contributed by atoms with Gasteiger partial charge in [-0.3, -0.25) is 9.80 Å². The maximum absolute atomic E-state index is 5.42. The van der Waals surface area contributed by atoms with Gasteiger partial charge in [0.25, 0.3) is 0 Å². The van der Waals surface area contributed by atoms with Crippen molar-refractivity contribution in [3.63, 3.8) is 0 Å². The van der Waals surface area contributed by atoms with E-state index in [1.807, 2.05) is 13.0 Å². The Kier molecular flexibility index (Phi) is 3.63. The average Bonchev–Trinajstić information content (AvgIpc) is 3.23. The summed E-state index contributed by atoms with van der Waals surface area (Å²) in [5.74, 6) is 6.97. The number of rotatable bonds is 4. The monoisotopic (exact) mass is 262 g/mol. The topological polar surface area (TPSA) is 70.3 Å². The van der Waals surface area contributed by atoms with Crippen molar-refractivity contribution in [3.05, 3.63) is 17.6 Å². The van der Waals surface area contributed by atoms with Crippen LogP contribution in [0.15, 0.2) is 6.07 Å². The molecule has 3 N–H and O–H groups in total. The van der Waals surface area contributed by atoms with Crippen molar-refractivity contribution >= 4 is 5.82 Å². The maximum Gasteiger partial charge on any atom is 0.145 e. The summed E-state index contributed by atoms with van der Waals surface area (Å²) in [4.78, 5) is 13.9. The summed E-state index contributed by atoms with van der Waals surface area (Å²) in [5, 5.41) is 0. The zero-order valence-electron chi connectivity index (χ0n) is 11.5. The third-order valence-electron chi connectivity index (χ3n) is 3.88. The molecule has 1 aliphatic carbocycles. The fraction of sp³-hybridized carbons (Fsp3) is 0.692. The standard InChI is InChI=1S/C13H22N6/c1-10-8-12(17-14)16-13(15-10)9-18-4-6-19(7-5-18)11-2-3-11/h8,11H,2-7,9,14H2,1H3,(H,15,16,17). The van der Waals surface area contributed by atoms with Crippen LogP contribution in [0.4, 0.5) is 5.82 Å².